The van der Waals surface area contributed by atoms with Gasteiger partial charge in [0.15, 0.2) is 0 Å². The van der Waals surface area contributed by atoms with Crippen LogP contribution in [0, 0.1) is 13.8 Å². The zero-order valence-corrected chi connectivity index (χ0v) is 18.0. The average Bonchev–Trinajstić information content (AvgIpc) is 3.19. The van der Waals surface area contributed by atoms with Crippen molar-refractivity contribution in [2.75, 3.05) is 7.05 Å². The highest BCUT2D eigenvalue weighted by Crippen LogP contribution is 2.53. The third kappa shape index (κ3) is 3.21. The van der Waals surface area contributed by atoms with E-state index in [1.807, 2.05) is 19.1 Å². The van der Waals surface area contributed by atoms with Crippen LogP contribution in [0.5, 0.6) is 0 Å². The lowest BCUT2D eigenvalue weighted by Gasteiger charge is -2.42. The molecule has 4 heteroatoms. The van der Waals surface area contributed by atoms with Gasteiger partial charge in [0.1, 0.15) is 5.76 Å². The molecule has 4 atom stereocenters. The monoisotopic (exact) mass is 406 g/mol. The molecule has 3 heterocycles. The molecule has 0 amide bonds. The van der Waals surface area contributed by atoms with Crippen LogP contribution in [-0.4, -0.2) is 29.2 Å². The number of piperidine rings is 1. The van der Waals surface area contributed by atoms with E-state index < -0.39 is 0 Å². The maximum Gasteiger partial charge on any atom is 0.150 e. The first-order chi connectivity index (χ1) is 14.0. The van der Waals surface area contributed by atoms with Gasteiger partial charge in [0, 0.05) is 28.6 Å². The van der Waals surface area contributed by atoms with E-state index in [9.17, 15) is 0 Å². The van der Waals surface area contributed by atoms with Crippen molar-refractivity contribution in [3.63, 3.8) is 0 Å². The Balaban J connectivity index is 1.64. The summed E-state index contributed by atoms with van der Waals surface area (Å²) in [6.45, 7) is 4.19. The predicted molar refractivity (Wildman–Crippen MR) is 118 cm³/mol. The number of aryl methyl sites for hydroxylation is 2. The maximum atomic E-state index is 6.14. The molecule has 5 rings (SSSR count). The number of nitrogens with zero attached hydrogens (tertiary/aromatic N) is 2. The SMILES string of the molecule is Cc1ccc([C@H]2CC3CCC([C@H]2c2onc(C)c2-c2ccc(Cl)cc2)N3C)cc1. The summed E-state index contributed by atoms with van der Waals surface area (Å²) in [7, 11) is 2.28. The Morgan fingerprint density at radius 3 is 2.45 bits per heavy atom. The van der Waals surface area contributed by atoms with Crippen molar-refractivity contribution < 1.29 is 4.52 Å². The summed E-state index contributed by atoms with van der Waals surface area (Å²) in [6.07, 6.45) is 3.65. The van der Waals surface area contributed by atoms with Crippen molar-refractivity contribution in [1.29, 1.82) is 0 Å². The van der Waals surface area contributed by atoms with Crippen molar-refractivity contribution in [2.45, 2.75) is 57.0 Å². The summed E-state index contributed by atoms with van der Waals surface area (Å²) in [5, 5.41) is 5.16. The highest BCUT2D eigenvalue weighted by atomic mass is 35.5. The zero-order valence-electron chi connectivity index (χ0n) is 17.2. The van der Waals surface area contributed by atoms with E-state index in [-0.39, 0.29) is 0 Å². The fraction of sp³-hybridized carbons (Fsp3) is 0.400. The molecular weight excluding hydrogens is 380 g/mol. The second kappa shape index (κ2) is 7.30. The van der Waals surface area contributed by atoms with Crippen LogP contribution in [0.1, 0.15) is 53.7 Å². The molecule has 2 aliphatic heterocycles. The first-order valence-corrected chi connectivity index (χ1v) is 10.9. The minimum atomic E-state index is 0.299. The van der Waals surface area contributed by atoms with Gasteiger partial charge < -0.3 is 4.52 Å². The molecule has 2 bridgehead atoms. The summed E-state index contributed by atoms with van der Waals surface area (Å²) >= 11 is 6.14. The molecule has 0 N–H and O–H groups in total. The molecule has 0 saturated carbocycles. The van der Waals surface area contributed by atoms with Crippen molar-refractivity contribution in [2.24, 2.45) is 0 Å². The van der Waals surface area contributed by atoms with Crippen LogP contribution in [0.3, 0.4) is 0 Å². The lowest BCUT2D eigenvalue weighted by atomic mass is 9.73. The van der Waals surface area contributed by atoms with Crippen molar-refractivity contribution >= 4 is 11.6 Å². The van der Waals surface area contributed by atoms with Crippen LogP contribution in [0.4, 0.5) is 0 Å². The fourth-order valence-electron chi connectivity index (χ4n) is 5.56. The van der Waals surface area contributed by atoms with Gasteiger partial charge in [-0.2, -0.15) is 0 Å². The molecule has 2 fully saturated rings. The Hall–Kier alpha value is -2.10. The number of rotatable bonds is 3. The third-order valence-corrected chi connectivity index (χ3v) is 7.35. The van der Waals surface area contributed by atoms with E-state index in [1.165, 1.54) is 30.4 Å². The summed E-state index contributed by atoms with van der Waals surface area (Å²) in [5.41, 5.74) is 5.95. The van der Waals surface area contributed by atoms with Crippen LogP contribution in [-0.2, 0) is 0 Å². The minimum Gasteiger partial charge on any atom is -0.360 e. The Morgan fingerprint density at radius 2 is 1.72 bits per heavy atom. The van der Waals surface area contributed by atoms with E-state index >= 15 is 0 Å². The summed E-state index contributed by atoms with van der Waals surface area (Å²) < 4.78 is 6.08. The van der Waals surface area contributed by atoms with Crippen molar-refractivity contribution in [3.8, 4) is 11.1 Å². The first-order valence-electron chi connectivity index (χ1n) is 10.5. The normalized spacial score (nSPS) is 26.8. The van der Waals surface area contributed by atoms with Crippen molar-refractivity contribution in [1.82, 2.24) is 10.1 Å². The van der Waals surface area contributed by atoms with Crippen LogP contribution in [0.25, 0.3) is 11.1 Å². The molecule has 3 aromatic rings. The molecule has 1 aromatic heterocycles. The van der Waals surface area contributed by atoms with E-state index in [1.54, 1.807) is 0 Å². The molecule has 0 radical (unpaired) electrons. The maximum absolute atomic E-state index is 6.14. The van der Waals surface area contributed by atoms with E-state index in [0.717, 1.165) is 27.6 Å². The highest BCUT2D eigenvalue weighted by molar-refractivity contribution is 6.30. The Kier molecular flexibility index (Phi) is 4.76. The van der Waals surface area contributed by atoms with Crippen LogP contribution in [0.15, 0.2) is 53.1 Å². The van der Waals surface area contributed by atoms with Gasteiger partial charge in [0.05, 0.1) is 5.69 Å². The Bertz CT molecular complexity index is 1010. The Morgan fingerprint density at radius 1 is 1.00 bits per heavy atom. The largest absolute Gasteiger partial charge is 0.360 e. The van der Waals surface area contributed by atoms with E-state index in [0.29, 0.717) is 23.9 Å². The van der Waals surface area contributed by atoms with Crippen LogP contribution in [0.2, 0.25) is 5.02 Å². The number of aromatic nitrogens is 1. The van der Waals surface area contributed by atoms with Gasteiger partial charge in [-0.05, 0) is 69.3 Å². The lowest BCUT2D eigenvalue weighted by Crippen LogP contribution is -2.44. The fourth-order valence-corrected chi connectivity index (χ4v) is 5.69. The summed E-state index contributed by atoms with van der Waals surface area (Å²) in [5.74, 6) is 1.78. The summed E-state index contributed by atoms with van der Waals surface area (Å²) in [4.78, 5) is 2.58. The van der Waals surface area contributed by atoms with Crippen LogP contribution >= 0.6 is 11.6 Å². The van der Waals surface area contributed by atoms with Gasteiger partial charge in [-0.25, -0.2) is 0 Å². The molecular formula is C25H27ClN2O. The number of benzene rings is 2. The predicted octanol–water partition coefficient (Wildman–Crippen LogP) is 6.35. The molecule has 2 aromatic carbocycles. The molecule has 2 saturated heterocycles. The highest BCUT2D eigenvalue weighted by Gasteiger charge is 2.49. The van der Waals surface area contributed by atoms with Gasteiger partial charge in [0.25, 0.3) is 0 Å². The van der Waals surface area contributed by atoms with Gasteiger partial charge in [-0.15, -0.1) is 0 Å². The molecule has 150 valence electrons. The second-order valence-electron chi connectivity index (χ2n) is 8.76. The molecule has 0 aliphatic carbocycles. The van der Waals surface area contributed by atoms with Crippen molar-refractivity contribution in [3.05, 3.63) is 76.1 Å². The molecule has 2 unspecified atom stereocenters. The number of hydrogen-bond acceptors (Lipinski definition) is 3. The topological polar surface area (TPSA) is 29.3 Å². The standard InChI is InChI=1S/C25H27ClN2O/c1-15-4-6-17(7-5-15)21-14-20-12-13-22(28(20)3)24(21)25-23(16(2)27-29-25)18-8-10-19(26)11-9-18/h4-11,20-22,24H,12-14H2,1-3H3/t20?,21-,22?,24+/m1/s1. The molecule has 3 nitrogen and oxygen atoms in total. The van der Waals surface area contributed by atoms with Gasteiger partial charge in [-0.3, -0.25) is 4.90 Å². The number of halogens is 1. The average molecular weight is 407 g/mol. The van der Waals surface area contributed by atoms with Crippen LogP contribution < -0.4 is 0 Å². The first kappa shape index (κ1) is 18.9. The van der Waals surface area contributed by atoms with Gasteiger partial charge >= 0.3 is 0 Å². The quantitative estimate of drug-likeness (QED) is 0.507. The summed E-state index contributed by atoms with van der Waals surface area (Å²) in [6, 6.07) is 18.3. The van der Waals surface area contributed by atoms with E-state index in [4.69, 9.17) is 16.1 Å². The van der Waals surface area contributed by atoms with E-state index in [2.05, 4.69) is 60.4 Å². The number of fused-ring (bicyclic) bond motifs is 2. The lowest BCUT2D eigenvalue weighted by molar-refractivity contribution is 0.122. The molecule has 0 spiro atoms. The van der Waals surface area contributed by atoms with Gasteiger partial charge in [0.2, 0.25) is 0 Å². The Labute approximate surface area is 177 Å². The van der Waals surface area contributed by atoms with Gasteiger partial charge in [-0.1, -0.05) is 58.7 Å². The third-order valence-electron chi connectivity index (χ3n) is 7.10. The zero-order chi connectivity index (χ0) is 20.1. The molecule has 2 aliphatic rings. The molecule has 29 heavy (non-hydrogen) atoms. The number of likely N-dealkylation sites (N-methyl/N-ethyl adjacent to an activating group) is 1. The smallest absolute Gasteiger partial charge is 0.150 e. The number of hydrogen-bond donors (Lipinski definition) is 0. The minimum absolute atomic E-state index is 0.299. The second-order valence-corrected chi connectivity index (χ2v) is 9.19.